The predicted octanol–water partition coefficient (Wildman–Crippen LogP) is 1.69. The number of nitrogens with two attached hydrogens (primary N) is 2. The Hall–Kier alpha value is -1.59. The van der Waals surface area contributed by atoms with Crippen LogP contribution < -0.4 is 10.9 Å². The first-order chi connectivity index (χ1) is 7.82. The Morgan fingerprint density at radius 3 is 2.35 bits per heavy atom. The van der Waals surface area contributed by atoms with Gasteiger partial charge in [-0.2, -0.15) is 0 Å². The summed E-state index contributed by atoms with van der Waals surface area (Å²) in [4.78, 5) is 0.116. The molecule has 0 aliphatic rings. The number of aryl methyl sites for hydroxylation is 1. The number of sulfonamides is 1. The van der Waals surface area contributed by atoms with Gasteiger partial charge in [-0.05, 0) is 37.1 Å². The maximum absolute atomic E-state index is 11.5. The number of primary sulfonamides is 1. The molecule has 0 unspecified atom stereocenters. The lowest BCUT2D eigenvalue weighted by molar-refractivity contribution is 0.598. The Labute approximate surface area is 100 Å². The molecule has 0 saturated carbocycles. The first-order valence-corrected chi connectivity index (χ1v) is 6.68. The topological polar surface area (TPSA) is 86.2 Å². The van der Waals surface area contributed by atoms with E-state index in [1.54, 1.807) is 18.2 Å². The van der Waals surface area contributed by atoms with Crippen LogP contribution in [0.3, 0.4) is 0 Å². The molecule has 17 heavy (non-hydrogen) atoms. The third-order valence-electron chi connectivity index (χ3n) is 3.02. The minimum Gasteiger partial charge on any atom is -0.398 e. The van der Waals surface area contributed by atoms with Crippen molar-refractivity contribution in [1.29, 1.82) is 0 Å². The molecule has 0 aliphatic carbocycles. The zero-order chi connectivity index (χ0) is 12.8. The fraction of sp³-hybridized carbons (Fsp3) is 0.167. The van der Waals surface area contributed by atoms with E-state index < -0.39 is 10.0 Å². The van der Waals surface area contributed by atoms with Gasteiger partial charge in [0.15, 0.2) is 0 Å². The molecule has 0 heterocycles. The van der Waals surface area contributed by atoms with E-state index in [1.165, 1.54) is 6.07 Å². The Morgan fingerprint density at radius 1 is 1.12 bits per heavy atom. The van der Waals surface area contributed by atoms with Crippen LogP contribution in [0.1, 0.15) is 11.1 Å². The number of benzene rings is 2. The Kier molecular flexibility index (Phi) is 2.60. The molecule has 0 aliphatic heterocycles. The molecule has 0 radical (unpaired) electrons. The van der Waals surface area contributed by atoms with Crippen molar-refractivity contribution in [1.82, 2.24) is 0 Å². The van der Waals surface area contributed by atoms with Gasteiger partial charge in [-0.15, -0.1) is 0 Å². The smallest absolute Gasteiger partial charge is 0.238 e. The summed E-state index contributed by atoms with van der Waals surface area (Å²) in [5.74, 6) is 0. The van der Waals surface area contributed by atoms with Gasteiger partial charge in [-0.25, -0.2) is 13.6 Å². The number of anilines is 1. The quantitative estimate of drug-likeness (QED) is 0.755. The molecular weight excluding hydrogens is 236 g/mol. The largest absolute Gasteiger partial charge is 0.398 e. The molecule has 0 atom stereocenters. The van der Waals surface area contributed by atoms with Crippen LogP contribution >= 0.6 is 0 Å². The molecule has 0 amide bonds. The van der Waals surface area contributed by atoms with Gasteiger partial charge in [0.25, 0.3) is 0 Å². The monoisotopic (exact) mass is 250 g/mol. The average Bonchev–Trinajstić information content (AvgIpc) is 2.24. The van der Waals surface area contributed by atoms with Gasteiger partial charge in [-0.3, -0.25) is 0 Å². The highest BCUT2D eigenvalue weighted by atomic mass is 32.2. The number of nitrogen functional groups attached to an aromatic ring is 1. The minimum absolute atomic E-state index is 0.116. The van der Waals surface area contributed by atoms with Crippen molar-refractivity contribution in [3.05, 3.63) is 35.4 Å². The second kappa shape index (κ2) is 3.72. The summed E-state index contributed by atoms with van der Waals surface area (Å²) in [5.41, 5.74) is 8.51. The van der Waals surface area contributed by atoms with Crippen molar-refractivity contribution in [3.63, 3.8) is 0 Å². The van der Waals surface area contributed by atoms with Gasteiger partial charge < -0.3 is 5.73 Å². The van der Waals surface area contributed by atoms with E-state index in [0.29, 0.717) is 11.1 Å². The maximum Gasteiger partial charge on any atom is 0.238 e. The SMILES string of the molecule is Cc1cc2c(S(N)(=O)=O)cccc2c(N)c1C. The molecule has 0 bridgehead atoms. The summed E-state index contributed by atoms with van der Waals surface area (Å²) < 4.78 is 23.0. The minimum atomic E-state index is -3.73. The highest BCUT2D eigenvalue weighted by Crippen LogP contribution is 2.31. The number of hydrogen-bond donors (Lipinski definition) is 2. The first kappa shape index (κ1) is 11.9. The van der Waals surface area contributed by atoms with Crippen LogP contribution in [0.25, 0.3) is 10.8 Å². The predicted molar refractivity (Wildman–Crippen MR) is 69.2 cm³/mol. The Morgan fingerprint density at radius 2 is 1.76 bits per heavy atom. The molecule has 5 heteroatoms. The van der Waals surface area contributed by atoms with Crippen molar-refractivity contribution >= 4 is 26.5 Å². The van der Waals surface area contributed by atoms with E-state index in [2.05, 4.69) is 0 Å². The summed E-state index contributed by atoms with van der Waals surface area (Å²) in [7, 11) is -3.73. The summed E-state index contributed by atoms with van der Waals surface area (Å²) >= 11 is 0. The van der Waals surface area contributed by atoms with Crippen molar-refractivity contribution in [2.24, 2.45) is 5.14 Å². The Bertz CT molecular complexity index is 706. The lowest BCUT2D eigenvalue weighted by atomic mass is 10.0. The van der Waals surface area contributed by atoms with Crippen molar-refractivity contribution in [2.45, 2.75) is 18.7 Å². The molecule has 0 saturated heterocycles. The van der Waals surface area contributed by atoms with Crippen LogP contribution in [0.5, 0.6) is 0 Å². The summed E-state index contributed by atoms with van der Waals surface area (Å²) in [6.07, 6.45) is 0. The molecule has 0 spiro atoms. The summed E-state index contributed by atoms with van der Waals surface area (Å²) in [6.45, 7) is 3.80. The highest BCUT2D eigenvalue weighted by Gasteiger charge is 2.14. The fourth-order valence-electron chi connectivity index (χ4n) is 1.92. The van der Waals surface area contributed by atoms with Gasteiger partial charge >= 0.3 is 0 Å². The summed E-state index contributed by atoms with van der Waals surface area (Å²) in [6, 6.07) is 6.74. The van der Waals surface area contributed by atoms with Crippen LogP contribution in [0.2, 0.25) is 0 Å². The molecule has 2 aromatic carbocycles. The lowest BCUT2D eigenvalue weighted by Crippen LogP contribution is -2.12. The highest BCUT2D eigenvalue weighted by molar-refractivity contribution is 7.89. The zero-order valence-electron chi connectivity index (χ0n) is 9.69. The number of rotatable bonds is 1. The van der Waals surface area contributed by atoms with Crippen LogP contribution in [0.15, 0.2) is 29.2 Å². The zero-order valence-corrected chi connectivity index (χ0v) is 10.5. The van der Waals surface area contributed by atoms with Gasteiger partial charge in [0, 0.05) is 16.5 Å². The second-order valence-electron chi connectivity index (χ2n) is 4.13. The standard InChI is InChI=1S/C12H14N2O2S/c1-7-6-10-9(12(13)8(7)2)4-3-5-11(10)17(14,15)16/h3-6H,13H2,1-2H3,(H2,14,15,16). The average molecular weight is 250 g/mol. The molecule has 4 nitrogen and oxygen atoms in total. The van der Waals surface area contributed by atoms with Gasteiger partial charge in [0.05, 0.1) is 4.90 Å². The third-order valence-corrected chi connectivity index (χ3v) is 3.99. The molecule has 0 fully saturated rings. The molecule has 4 N–H and O–H groups in total. The van der Waals surface area contributed by atoms with Gasteiger partial charge in [0.1, 0.15) is 0 Å². The van der Waals surface area contributed by atoms with Crippen LogP contribution in [-0.2, 0) is 10.0 Å². The van der Waals surface area contributed by atoms with Crippen LogP contribution in [0, 0.1) is 13.8 Å². The van der Waals surface area contributed by atoms with Crippen LogP contribution in [-0.4, -0.2) is 8.42 Å². The summed E-state index contributed by atoms with van der Waals surface area (Å²) in [5, 5.41) is 6.49. The molecule has 0 aromatic heterocycles. The van der Waals surface area contributed by atoms with Crippen molar-refractivity contribution in [3.8, 4) is 0 Å². The lowest BCUT2D eigenvalue weighted by Gasteiger charge is -2.11. The van der Waals surface area contributed by atoms with E-state index in [9.17, 15) is 8.42 Å². The normalized spacial score (nSPS) is 11.9. The number of fused-ring (bicyclic) bond motifs is 1. The first-order valence-electron chi connectivity index (χ1n) is 5.13. The van der Waals surface area contributed by atoms with Gasteiger partial charge in [-0.1, -0.05) is 12.1 Å². The van der Waals surface area contributed by atoms with E-state index in [1.807, 2.05) is 13.8 Å². The van der Waals surface area contributed by atoms with E-state index in [4.69, 9.17) is 10.9 Å². The van der Waals surface area contributed by atoms with Crippen molar-refractivity contribution in [2.75, 3.05) is 5.73 Å². The van der Waals surface area contributed by atoms with Crippen LogP contribution in [0.4, 0.5) is 5.69 Å². The molecular formula is C12H14N2O2S. The maximum atomic E-state index is 11.5. The third kappa shape index (κ3) is 1.87. The van der Waals surface area contributed by atoms with Gasteiger partial charge in [0.2, 0.25) is 10.0 Å². The number of hydrogen-bond acceptors (Lipinski definition) is 3. The molecule has 90 valence electrons. The van der Waals surface area contributed by atoms with E-state index in [-0.39, 0.29) is 4.90 Å². The van der Waals surface area contributed by atoms with E-state index >= 15 is 0 Å². The molecule has 2 rings (SSSR count). The second-order valence-corrected chi connectivity index (χ2v) is 5.66. The fourth-order valence-corrected chi connectivity index (χ4v) is 2.66. The van der Waals surface area contributed by atoms with E-state index in [0.717, 1.165) is 16.5 Å². The molecule has 2 aromatic rings. The van der Waals surface area contributed by atoms with Crippen molar-refractivity contribution < 1.29 is 8.42 Å². The Balaban J connectivity index is 3.02.